The zero-order valence-corrected chi connectivity index (χ0v) is 10.3. The lowest BCUT2D eigenvalue weighted by atomic mass is 9.93. The molecule has 7 heteroatoms. The molecule has 0 saturated heterocycles. The third kappa shape index (κ3) is 2.70. The van der Waals surface area contributed by atoms with Crippen LogP contribution in [0.25, 0.3) is 0 Å². The summed E-state index contributed by atoms with van der Waals surface area (Å²) in [7, 11) is 0. The second-order valence-electron chi connectivity index (χ2n) is 4.49. The monoisotopic (exact) mass is 266 g/mol. The highest BCUT2D eigenvalue weighted by atomic mass is 16.7. The van der Waals surface area contributed by atoms with Crippen LogP contribution in [0.2, 0.25) is 0 Å². The normalized spacial score (nSPS) is 15.6. The predicted octanol–water partition coefficient (Wildman–Crippen LogP) is 0.469. The van der Waals surface area contributed by atoms with Gasteiger partial charge >= 0.3 is 12.0 Å². The van der Waals surface area contributed by atoms with Crippen LogP contribution in [-0.4, -0.2) is 29.4 Å². The average Bonchev–Trinajstić information content (AvgIpc) is 2.74. The van der Waals surface area contributed by atoms with Gasteiger partial charge in [0.05, 0.1) is 0 Å². The van der Waals surface area contributed by atoms with Gasteiger partial charge in [-0.3, -0.25) is 0 Å². The minimum atomic E-state index is -1.47. The maximum Gasteiger partial charge on any atom is 0.329 e. The van der Waals surface area contributed by atoms with Gasteiger partial charge in [-0.1, -0.05) is 6.07 Å². The lowest BCUT2D eigenvalue weighted by Gasteiger charge is -2.25. The summed E-state index contributed by atoms with van der Waals surface area (Å²) in [6.45, 7) is 1.54. The lowest BCUT2D eigenvalue weighted by Crippen LogP contribution is -2.55. The van der Waals surface area contributed by atoms with Crippen molar-refractivity contribution in [1.29, 1.82) is 0 Å². The SMILES string of the molecule is C[C@@](Cc1ccc2c(c1)OCO2)(NC(N)=O)C(=O)O. The molecule has 0 radical (unpaired) electrons. The van der Waals surface area contributed by atoms with Crippen molar-refractivity contribution in [1.82, 2.24) is 5.32 Å². The second-order valence-corrected chi connectivity index (χ2v) is 4.49. The Hall–Kier alpha value is -2.44. The third-order valence-corrected chi connectivity index (χ3v) is 2.87. The van der Waals surface area contributed by atoms with Gasteiger partial charge in [0.25, 0.3) is 0 Å². The molecule has 102 valence electrons. The van der Waals surface area contributed by atoms with E-state index in [1.165, 1.54) is 6.92 Å². The topological polar surface area (TPSA) is 111 Å². The first-order chi connectivity index (χ1) is 8.90. The van der Waals surface area contributed by atoms with Crippen LogP contribution in [-0.2, 0) is 11.2 Å². The molecular formula is C12H14N2O5. The zero-order chi connectivity index (χ0) is 14.0. The van der Waals surface area contributed by atoms with Gasteiger partial charge in [-0.2, -0.15) is 0 Å². The van der Waals surface area contributed by atoms with Crippen LogP contribution in [0.1, 0.15) is 12.5 Å². The van der Waals surface area contributed by atoms with Gasteiger partial charge in [0.15, 0.2) is 11.5 Å². The van der Waals surface area contributed by atoms with Crippen molar-refractivity contribution >= 4 is 12.0 Å². The summed E-state index contributed by atoms with van der Waals surface area (Å²) in [5.41, 5.74) is 4.23. The molecule has 2 amide bonds. The zero-order valence-electron chi connectivity index (χ0n) is 10.3. The molecule has 1 aliphatic heterocycles. The maximum absolute atomic E-state index is 11.3. The first kappa shape index (κ1) is 13.0. The number of nitrogens with one attached hydrogen (secondary N) is 1. The molecule has 0 spiro atoms. The van der Waals surface area contributed by atoms with Crippen molar-refractivity contribution in [3.05, 3.63) is 23.8 Å². The molecule has 0 bridgehead atoms. The number of benzene rings is 1. The summed E-state index contributed by atoms with van der Waals surface area (Å²) in [6, 6.07) is 4.22. The molecule has 1 aliphatic rings. The van der Waals surface area contributed by atoms with E-state index in [-0.39, 0.29) is 13.2 Å². The number of urea groups is 1. The number of amides is 2. The fourth-order valence-electron chi connectivity index (χ4n) is 1.90. The number of carbonyl (C=O) groups is 2. The van der Waals surface area contributed by atoms with Crippen molar-refractivity contribution in [2.24, 2.45) is 5.73 Å². The van der Waals surface area contributed by atoms with Gasteiger partial charge in [0.1, 0.15) is 5.54 Å². The molecule has 1 atom stereocenters. The molecule has 1 aromatic rings. The number of hydrogen-bond donors (Lipinski definition) is 3. The Labute approximate surface area is 109 Å². The van der Waals surface area contributed by atoms with Gasteiger partial charge in [-0.25, -0.2) is 9.59 Å². The van der Waals surface area contributed by atoms with E-state index in [0.717, 1.165) is 0 Å². The highest BCUT2D eigenvalue weighted by Crippen LogP contribution is 2.33. The van der Waals surface area contributed by atoms with Crippen molar-refractivity contribution in [3.63, 3.8) is 0 Å². The summed E-state index contributed by atoms with van der Waals surface area (Å²) in [5, 5.41) is 11.4. The van der Waals surface area contributed by atoms with E-state index in [0.29, 0.717) is 17.1 Å². The van der Waals surface area contributed by atoms with Crippen LogP contribution in [0.4, 0.5) is 4.79 Å². The number of rotatable bonds is 4. The molecule has 0 unspecified atom stereocenters. The number of ether oxygens (including phenoxy) is 2. The maximum atomic E-state index is 11.3. The highest BCUT2D eigenvalue weighted by molar-refractivity contribution is 5.85. The Bertz CT molecular complexity index is 531. The average molecular weight is 266 g/mol. The quantitative estimate of drug-likeness (QED) is 0.733. The number of carboxylic acid groups (broad SMARTS) is 1. The number of primary amides is 1. The van der Waals surface area contributed by atoms with Crippen LogP contribution in [0.5, 0.6) is 11.5 Å². The number of fused-ring (bicyclic) bond motifs is 1. The molecule has 1 aromatic carbocycles. The van der Waals surface area contributed by atoms with Crippen LogP contribution in [0.3, 0.4) is 0 Å². The van der Waals surface area contributed by atoms with Crippen LogP contribution in [0, 0.1) is 0 Å². The van der Waals surface area contributed by atoms with Crippen molar-refractivity contribution in [2.75, 3.05) is 6.79 Å². The number of carboxylic acids is 1. The van der Waals surface area contributed by atoms with Gasteiger partial charge in [0.2, 0.25) is 6.79 Å². The van der Waals surface area contributed by atoms with Crippen LogP contribution in [0.15, 0.2) is 18.2 Å². The van der Waals surface area contributed by atoms with E-state index in [1.807, 2.05) is 0 Å². The number of nitrogens with two attached hydrogens (primary N) is 1. The molecular weight excluding hydrogens is 252 g/mol. The van der Waals surface area contributed by atoms with E-state index in [4.69, 9.17) is 15.2 Å². The van der Waals surface area contributed by atoms with Crippen molar-refractivity contribution < 1.29 is 24.2 Å². The minimum absolute atomic E-state index is 0.0852. The van der Waals surface area contributed by atoms with Crippen LogP contribution >= 0.6 is 0 Å². The minimum Gasteiger partial charge on any atom is -0.480 e. The first-order valence-electron chi connectivity index (χ1n) is 5.60. The molecule has 2 rings (SSSR count). The van der Waals surface area contributed by atoms with E-state index in [1.54, 1.807) is 18.2 Å². The van der Waals surface area contributed by atoms with Crippen molar-refractivity contribution in [2.45, 2.75) is 18.9 Å². The molecule has 4 N–H and O–H groups in total. The van der Waals surface area contributed by atoms with E-state index in [2.05, 4.69) is 5.32 Å². The predicted molar refractivity (Wildman–Crippen MR) is 65.0 cm³/mol. The fourth-order valence-corrected chi connectivity index (χ4v) is 1.90. The number of aliphatic carboxylic acids is 1. The lowest BCUT2D eigenvalue weighted by molar-refractivity contribution is -0.143. The molecule has 0 fully saturated rings. The smallest absolute Gasteiger partial charge is 0.329 e. The van der Waals surface area contributed by atoms with E-state index in [9.17, 15) is 14.7 Å². The largest absolute Gasteiger partial charge is 0.480 e. The molecule has 1 heterocycles. The molecule has 19 heavy (non-hydrogen) atoms. The number of hydrogen-bond acceptors (Lipinski definition) is 4. The van der Waals surface area contributed by atoms with E-state index >= 15 is 0 Å². The van der Waals surface area contributed by atoms with Gasteiger partial charge in [-0.15, -0.1) is 0 Å². The second kappa shape index (κ2) is 4.68. The Kier molecular flexibility index (Phi) is 3.20. The van der Waals surface area contributed by atoms with Crippen LogP contribution < -0.4 is 20.5 Å². The molecule has 0 aliphatic carbocycles. The van der Waals surface area contributed by atoms with Gasteiger partial charge in [-0.05, 0) is 24.6 Å². The van der Waals surface area contributed by atoms with Gasteiger partial charge < -0.3 is 25.6 Å². The summed E-state index contributed by atoms with van der Waals surface area (Å²) < 4.78 is 10.4. The summed E-state index contributed by atoms with van der Waals surface area (Å²) in [4.78, 5) is 22.2. The number of carbonyl (C=O) groups excluding carboxylic acids is 1. The Morgan fingerprint density at radius 2 is 2.11 bits per heavy atom. The Morgan fingerprint density at radius 1 is 1.42 bits per heavy atom. The van der Waals surface area contributed by atoms with Crippen molar-refractivity contribution in [3.8, 4) is 11.5 Å². The third-order valence-electron chi connectivity index (χ3n) is 2.87. The molecule has 7 nitrogen and oxygen atoms in total. The first-order valence-corrected chi connectivity index (χ1v) is 5.60. The highest BCUT2D eigenvalue weighted by Gasteiger charge is 2.35. The standard InChI is InChI=1S/C12H14N2O5/c1-12(10(15)16,14-11(13)17)5-7-2-3-8-9(4-7)19-6-18-8/h2-4H,5-6H2,1H3,(H,15,16)(H3,13,14,17)/t12-/m0/s1. The Morgan fingerprint density at radius 3 is 2.74 bits per heavy atom. The molecule has 0 saturated carbocycles. The Balaban J connectivity index is 2.22. The summed E-state index contributed by atoms with van der Waals surface area (Å²) >= 11 is 0. The van der Waals surface area contributed by atoms with E-state index < -0.39 is 17.5 Å². The fraction of sp³-hybridized carbons (Fsp3) is 0.333. The summed E-state index contributed by atoms with van der Waals surface area (Å²) in [5.74, 6) is 0.0110. The van der Waals surface area contributed by atoms with Gasteiger partial charge in [0, 0.05) is 6.42 Å². The molecule has 0 aromatic heterocycles. The summed E-state index contributed by atoms with van der Waals surface area (Å²) in [6.07, 6.45) is 0.0852.